The van der Waals surface area contributed by atoms with Gasteiger partial charge in [-0.15, -0.1) is 0 Å². The molecule has 0 heterocycles. The third-order valence-corrected chi connectivity index (χ3v) is 3.00. The Morgan fingerprint density at radius 3 is 2.44 bits per heavy atom. The summed E-state index contributed by atoms with van der Waals surface area (Å²) in [5, 5.41) is 6.03. The first kappa shape index (κ1) is 15.4. The van der Waals surface area contributed by atoms with E-state index in [0.29, 0.717) is 12.6 Å². The number of hydrogen-bond donors (Lipinski definition) is 2. The summed E-state index contributed by atoms with van der Waals surface area (Å²) in [6.45, 7) is 10.7. The van der Waals surface area contributed by atoms with Gasteiger partial charge >= 0.3 is 0 Å². The first-order valence-corrected chi connectivity index (χ1v) is 6.24. The van der Waals surface area contributed by atoms with Crippen molar-refractivity contribution >= 4 is 5.91 Å². The molecule has 0 radical (unpaired) electrons. The van der Waals surface area contributed by atoms with Crippen molar-refractivity contribution in [2.45, 2.75) is 46.2 Å². The number of nitrogens with zero attached hydrogens (tertiary/aromatic N) is 1. The van der Waals surface area contributed by atoms with Crippen molar-refractivity contribution in [2.24, 2.45) is 0 Å². The standard InChI is InChI=1S/C12H27N3O/c1-6-10(3)15(5)9-8-14-11(4)12(16)13-7-2/h10-11,14H,6-9H2,1-5H3,(H,13,16). The molecule has 0 aromatic rings. The number of hydrogen-bond acceptors (Lipinski definition) is 3. The van der Waals surface area contributed by atoms with Crippen LogP contribution in [0.4, 0.5) is 0 Å². The lowest BCUT2D eigenvalue weighted by Crippen LogP contribution is -2.45. The van der Waals surface area contributed by atoms with E-state index in [1.54, 1.807) is 0 Å². The van der Waals surface area contributed by atoms with Gasteiger partial charge in [-0.05, 0) is 34.2 Å². The van der Waals surface area contributed by atoms with Gasteiger partial charge in [0.1, 0.15) is 0 Å². The predicted molar refractivity (Wildman–Crippen MR) is 68.5 cm³/mol. The van der Waals surface area contributed by atoms with E-state index in [1.165, 1.54) is 0 Å². The van der Waals surface area contributed by atoms with E-state index in [4.69, 9.17) is 0 Å². The molecule has 0 aliphatic rings. The largest absolute Gasteiger partial charge is 0.355 e. The van der Waals surface area contributed by atoms with Gasteiger partial charge in [0, 0.05) is 25.7 Å². The minimum absolute atomic E-state index is 0.0775. The average molecular weight is 229 g/mol. The van der Waals surface area contributed by atoms with E-state index < -0.39 is 0 Å². The molecule has 16 heavy (non-hydrogen) atoms. The second-order valence-electron chi connectivity index (χ2n) is 4.31. The minimum atomic E-state index is -0.106. The van der Waals surface area contributed by atoms with Crippen LogP contribution in [0.5, 0.6) is 0 Å². The number of likely N-dealkylation sites (N-methyl/N-ethyl adjacent to an activating group) is 2. The van der Waals surface area contributed by atoms with Crippen molar-refractivity contribution in [3.8, 4) is 0 Å². The third-order valence-electron chi connectivity index (χ3n) is 3.00. The van der Waals surface area contributed by atoms with Crippen LogP contribution in [0.2, 0.25) is 0 Å². The van der Waals surface area contributed by atoms with Crippen LogP contribution in [0.3, 0.4) is 0 Å². The van der Waals surface area contributed by atoms with Crippen molar-refractivity contribution < 1.29 is 4.79 Å². The smallest absolute Gasteiger partial charge is 0.236 e. The molecule has 0 rings (SSSR count). The Morgan fingerprint density at radius 2 is 1.94 bits per heavy atom. The van der Waals surface area contributed by atoms with Crippen LogP contribution in [-0.2, 0) is 4.79 Å². The van der Waals surface area contributed by atoms with Crippen LogP contribution in [-0.4, -0.2) is 49.6 Å². The van der Waals surface area contributed by atoms with Gasteiger partial charge in [-0.1, -0.05) is 6.92 Å². The van der Waals surface area contributed by atoms with E-state index >= 15 is 0 Å². The number of amides is 1. The van der Waals surface area contributed by atoms with E-state index in [9.17, 15) is 4.79 Å². The SMILES string of the molecule is CCNC(=O)C(C)NCCN(C)C(C)CC. The second kappa shape index (κ2) is 8.53. The van der Waals surface area contributed by atoms with Gasteiger partial charge in [0.05, 0.1) is 6.04 Å². The van der Waals surface area contributed by atoms with E-state index in [1.807, 2.05) is 13.8 Å². The maximum atomic E-state index is 11.4. The van der Waals surface area contributed by atoms with Crippen molar-refractivity contribution in [3.63, 3.8) is 0 Å². The molecule has 2 unspecified atom stereocenters. The third kappa shape index (κ3) is 6.08. The molecule has 0 saturated heterocycles. The van der Waals surface area contributed by atoms with Crippen molar-refractivity contribution in [1.82, 2.24) is 15.5 Å². The van der Waals surface area contributed by atoms with E-state index in [2.05, 4.69) is 36.4 Å². The molecule has 4 heteroatoms. The summed E-state index contributed by atoms with van der Waals surface area (Å²) in [6, 6.07) is 0.492. The van der Waals surface area contributed by atoms with Gasteiger partial charge in [-0.2, -0.15) is 0 Å². The van der Waals surface area contributed by atoms with E-state index in [-0.39, 0.29) is 11.9 Å². The van der Waals surface area contributed by atoms with Crippen molar-refractivity contribution in [1.29, 1.82) is 0 Å². The maximum absolute atomic E-state index is 11.4. The summed E-state index contributed by atoms with van der Waals surface area (Å²) >= 11 is 0. The molecule has 2 atom stereocenters. The molecule has 0 fully saturated rings. The number of rotatable bonds is 8. The first-order chi connectivity index (χ1) is 7.52. The zero-order valence-electron chi connectivity index (χ0n) is 11.3. The normalized spacial score (nSPS) is 14.9. The molecule has 0 spiro atoms. The molecule has 2 N–H and O–H groups in total. The van der Waals surface area contributed by atoms with Crippen molar-refractivity contribution in [3.05, 3.63) is 0 Å². The van der Waals surface area contributed by atoms with Crippen LogP contribution in [0.1, 0.15) is 34.1 Å². The summed E-state index contributed by atoms with van der Waals surface area (Å²) in [7, 11) is 2.12. The summed E-state index contributed by atoms with van der Waals surface area (Å²) in [5.41, 5.74) is 0. The Bertz CT molecular complexity index is 197. The first-order valence-electron chi connectivity index (χ1n) is 6.24. The van der Waals surface area contributed by atoms with Gasteiger partial charge in [0.25, 0.3) is 0 Å². The Morgan fingerprint density at radius 1 is 1.31 bits per heavy atom. The number of nitrogens with one attached hydrogen (secondary N) is 2. The maximum Gasteiger partial charge on any atom is 0.236 e. The Labute approximate surface area is 99.8 Å². The van der Waals surface area contributed by atoms with Crippen LogP contribution >= 0.6 is 0 Å². The molecule has 0 saturated carbocycles. The van der Waals surface area contributed by atoms with Gasteiger partial charge in [-0.3, -0.25) is 4.79 Å². The minimum Gasteiger partial charge on any atom is -0.355 e. The fraction of sp³-hybridized carbons (Fsp3) is 0.917. The monoisotopic (exact) mass is 229 g/mol. The van der Waals surface area contributed by atoms with Gasteiger partial charge in [-0.25, -0.2) is 0 Å². The molecule has 0 aliphatic heterocycles. The molecule has 0 aromatic heterocycles. The fourth-order valence-corrected chi connectivity index (χ4v) is 1.41. The lowest BCUT2D eigenvalue weighted by atomic mass is 10.2. The highest BCUT2D eigenvalue weighted by Gasteiger charge is 2.11. The quantitative estimate of drug-likeness (QED) is 0.648. The highest BCUT2D eigenvalue weighted by molar-refractivity contribution is 5.81. The topological polar surface area (TPSA) is 44.4 Å². The molecular weight excluding hydrogens is 202 g/mol. The average Bonchev–Trinajstić information content (AvgIpc) is 2.27. The number of carbonyl (C=O) groups excluding carboxylic acids is 1. The Balaban J connectivity index is 3.68. The zero-order valence-corrected chi connectivity index (χ0v) is 11.3. The summed E-state index contributed by atoms with van der Waals surface area (Å²) in [4.78, 5) is 13.7. The number of carbonyl (C=O) groups is 1. The van der Waals surface area contributed by atoms with Gasteiger partial charge < -0.3 is 15.5 Å². The molecule has 0 bridgehead atoms. The lowest BCUT2D eigenvalue weighted by Gasteiger charge is -2.24. The molecule has 0 aliphatic carbocycles. The van der Waals surface area contributed by atoms with Crippen LogP contribution in [0.15, 0.2) is 0 Å². The summed E-state index contributed by atoms with van der Waals surface area (Å²) < 4.78 is 0. The zero-order chi connectivity index (χ0) is 12.6. The second-order valence-corrected chi connectivity index (χ2v) is 4.31. The molecular formula is C12H27N3O. The summed E-state index contributed by atoms with van der Waals surface area (Å²) in [5.74, 6) is 0.0775. The van der Waals surface area contributed by atoms with E-state index in [0.717, 1.165) is 19.5 Å². The highest BCUT2D eigenvalue weighted by Crippen LogP contribution is 1.98. The Kier molecular flexibility index (Phi) is 8.21. The Hall–Kier alpha value is -0.610. The van der Waals surface area contributed by atoms with Crippen LogP contribution in [0, 0.1) is 0 Å². The molecule has 96 valence electrons. The molecule has 0 aromatic carbocycles. The predicted octanol–water partition coefficient (Wildman–Crippen LogP) is 0.831. The lowest BCUT2D eigenvalue weighted by molar-refractivity contribution is -0.122. The fourth-order valence-electron chi connectivity index (χ4n) is 1.41. The summed E-state index contributed by atoms with van der Waals surface area (Å²) in [6.07, 6.45) is 1.16. The van der Waals surface area contributed by atoms with Gasteiger partial charge in [0.15, 0.2) is 0 Å². The highest BCUT2D eigenvalue weighted by atomic mass is 16.2. The van der Waals surface area contributed by atoms with Crippen LogP contribution < -0.4 is 10.6 Å². The van der Waals surface area contributed by atoms with Gasteiger partial charge in [0.2, 0.25) is 5.91 Å². The van der Waals surface area contributed by atoms with Crippen LogP contribution in [0.25, 0.3) is 0 Å². The molecule has 1 amide bonds. The van der Waals surface area contributed by atoms with Crippen molar-refractivity contribution in [2.75, 3.05) is 26.7 Å². The molecule has 4 nitrogen and oxygen atoms in total.